The Hall–Kier alpha value is -3.35. The van der Waals surface area contributed by atoms with E-state index in [1.54, 1.807) is 11.8 Å². The summed E-state index contributed by atoms with van der Waals surface area (Å²) in [5.74, 6) is -1.58. The van der Waals surface area contributed by atoms with Crippen LogP contribution >= 0.6 is 0 Å². The van der Waals surface area contributed by atoms with E-state index in [9.17, 15) is 19.5 Å². The molecular formula is C27H32N2O5. The normalized spacial score (nSPS) is 20.2. The molecule has 0 aromatic heterocycles. The first-order chi connectivity index (χ1) is 16.4. The number of carbonyl (C=O) groups excluding carboxylic acids is 2. The zero-order valence-electron chi connectivity index (χ0n) is 19.7. The molecule has 0 bridgehead atoms. The van der Waals surface area contributed by atoms with Crippen LogP contribution in [0.3, 0.4) is 0 Å². The molecule has 3 atom stereocenters. The number of nitrogens with one attached hydrogen (secondary N) is 1. The van der Waals surface area contributed by atoms with Gasteiger partial charge in [0.1, 0.15) is 6.61 Å². The van der Waals surface area contributed by atoms with Gasteiger partial charge in [-0.1, -0.05) is 55.5 Å². The van der Waals surface area contributed by atoms with Crippen molar-refractivity contribution < 1.29 is 24.2 Å². The van der Waals surface area contributed by atoms with Crippen LogP contribution in [0.1, 0.15) is 56.6 Å². The minimum absolute atomic E-state index is 0.0259. The Morgan fingerprint density at radius 3 is 2.29 bits per heavy atom. The van der Waals surface area contributed by atoms with Gasteiger partial charge in [0.25, 0.3) is 0 Å². The van der Waals surface area contributed by atoms with Crippen molar-refractivity contribution in [2.75, 3.05) is 13.2 Å². The molecular weight excluding hydrogens is 432 g/mol. The first-order valence-corrected chi connectivity index (χ1v) is 12.0. The van der Waals surface area contributed by atoms with Crippen molar-refractivity contribution in [3.05, 3.63) is 59.7 Å². The van der Waals surface area contributed by atoms with Gasteiger partial charge in [0.05, 0.1) is 5.92 Å². The Morgan fingerprint density at radius 2 is 1.71 bits per heavy atom. The van der Waals surface area contributed by atoms with Gasteiger partial charge in [-0.2, -0.15) is 0 Å². The van der Waals surface area contributed by atoms with Crippen molar-refractivity contribution in [2.24, 2.45) is 5.92 Å². The van der Waals surface area contributed by atoms with Gasteiger partial charge in [-0.15, -0.1) is 0 Å². The topological polar surface area (TPSA) is 95.9 Å². The standard InChI is InChI=1S/C27H32N2O5/c1-3-18(15-25(30)29-14-8-13-19(17(29)2)26(31)32)28-27(33)34-16-24-22-11-6-4-9-20(22)21-10-5-7-12-23(21)24/h4-7,9-12,17-19,24H,3,8,13-16H2,1-2H3,(H,28,33)(H,31,32)/t17-,18+,19-/m0/s1. The Labute approximate surface area is 200 Å². The lowest BCUT2D eigenvalue weighted by atomic mass is 9.90. The first kappa shape index (κ1) is 23.8. The Morgan fingerprint density at radius 1 is 1.09 bits per heavy atom. The summed E-state index contributed by atoms with van der Waals surface area (Å²) in [5, 5.41) is 12.2. The number of hydrogen-bond acceptors (Lipinski definition) is 4. The molecule has 2 aromatic carbocycles. The van der Waals surface area contributed by atoms with E-state index in [4.69, 9.17) is 4.74 Å². The highest BCUT2D eigenvalue weighted by atomic mass is 16.5. The average molecular weight is 465 g/mol. The van der Waals surface area contributed by atoms with Crippen molar-refractivity contribution in [3.8, 4) is 11.1 Å². The molecule has 2 aromatic rings. The van der Waals surface area contributed by atoms with Crippen LogP contribution in [0.25, 0.3) is 11.1 Å². The average Bonchev–Trinajstić information content (AvgIpc) is 3.16. The number of alkyl carbamates (subject to hydrolysis) is 1. The van der Waals surface area contributed by atoms with E-state index < -0.39 is 18.0 Å². The van der Waals surface area contributed by atoms with Gasteiger partial charge < -0.3 is 20.1 Å². The van der Waals surface area contributed by atoms with Crippen LogP contribution in [0.5, 0.6) is 0 Å². The SMILES string of the molecule is CC[C@H](CC(=O)N1CCC[C@H](C(=O)O)[C@@H]1C)NC(=O)OCC1c2ccccc2-c2ccccc21. The smallest absolute Gasteiger partial charge is 0.407 e. The third kappa shape index (κ3) is 4.79. The van der Waals surface area contributed by atoms with E-state index in [2.05, 4.69) is 29.6 Å². The molecule has 2 aliphatic rings. The number of ether oxygens (including phenoxy) is 1. The Balaban J connectivity index is 1.34. The number of nitrogens with zero attached hydrogens (tertiary/aromatic N) is 1. The van der Waals surface area contributed by atoms with Crippen LogP contribution in [0.2, 0.25) is 0 Å². The zero-order valence-corrected chi connectivity index (χ0v) is 19.7. The van der Waals surface area contributed by atoms with Crippen molar-refractivity contribution in [1.82, 2.24) is 10.2 Å². The summed E-state index contributed by atoms with van der Waals surface area (Å²) in [6, 6.07) is 15.6. The van der Waals surface area contributed by atoms with Crippen LogP contribution in [-0.2, 0) is 14.3 Å². The van der Waals surface area contributed by atoms with Crippen molar-refractivity contribution in [3.63, 3.8) is 0 Å². The molecule has 7 nitrogen and oxygen atoms in total. The number of carbonyl (C=O) groups is 3. The maximum absolute atomic E-state index is 12.9. The number of carboxylic acids is 1. The summed E-state index contributed by atoms with van der Waals surface area (Å²) in [4.78, 5) is 38.7. The molecule has 34 heavy (non-hydrogen) atoms. The lowest BCUT2D eigenvalue weighted by molar-refractivity contribution is -0.149. The van der Waals surface area contributed by atoms with Crippen LogP contribution < -0.4 is 5.32 Å². The fourth-order valence-corrected chi connectivity index (χ4v) is 5.26. The van der Waals surface area contributed by atoms with Crippen molar-refractivity contribution >= 4 is 18.0 Å². The van der Waals surface area contributed by atoms with Gasteiger partial charge in [-0.05, 0) is 48.4 Å². The summed E-state index contributed by atoms with van der Waals surface area (Å²) < 4.78 is 5.62. The maximum Gasteiger partial charge on any atom is 0.407 e. The molecule has 2 N–H and O–H groups in total. The number of amides is 2. The number of carboxylic acid groups (broad SMARTS) is 1. The minimum atomic E-state index is -0.867. The quantitative estimate of drug-likeness (QED) is 0.633. The second kappa shape index (κ2) is 10.3. The summed E-state index contributed by atoms with van der Waals surface area (Å²) >= 11 is 0. The summed E-state index contributed by atoms with van der Waals surface area (Å²) in [6.45, 7) is 4.45. The highest BCUT2D eigenvalue weighted by molar-refractivity contribution is 5.80. The van der Waals surface area contributed by atoms with Gasteiger partial charge in [-0.3, -0.25) is 9.59 Å². The largest absolute Gasteiger partial charge is 0.481 e. The monoisotopic (exact) mass is 464 g/mol. The van der Waals surface area contributed by atoms with E-state index in [1.807, 2.05) is 31.2 Å². The van der Waals surface area contributed by atoms with E-state index in [0.29, 0.717) is 25.8 Å². The predicted octanol–water partition coefficient (Wildman–Crippen LogP) is 4.41. The zero-order chi connectivity index (χ0) is 24.2. The van der Waals surface area contributed by atoms with Crippen molar-refractivity contribution in [2.45, 2.75) is 57.5 Å². The molecule has 180 valence electrons. The molecule has 1 saturated heterocycles. The van der Waals surface area contributed by atoms with Gasteiger partial charge >= 0.3 is 12.1 Å². The van der Waals surface area contributed by atoms with Crippen LogP contribution in [0.4, 0.5) is 4.79 Å². The third-order valence-corrected chi connectivity index (χ3v) is 7.21. The van der Waals surface area contributed by atoms with Crippen LogP contribution in [-0.4, -0.2) is 53.2 Å². The number of likely N-dealkylation sites (tertiary alicyclic amines) is 1. The van der Waals surface area contributed by atoms with Gasteiger partial charge in [-0.25, -0.2) is 4.79 Å². The number of piperidine rings is 1. The minimum Gasteiger partial charge on any atom is -0.481 e. The van der Waals surface area contributed by atoms with E-state index in [-0.39, 0.29) is 36.9 Å². The molecule has 0 radical (unpaired) electrons. The summed E-state index contributed by atoms with van der Waals surface area (Å²) in [7, 11) is 0. The number of fused-ring (bicyclic) bond motifs is 3. The molecule has 7 heteroatoms. The number of hydrogen-bond donors (Lipinski definition) is 2. The Kier molecular flexibility index (Phi) is 7.20. The highest BCUT2D eigenvalue weighted by Crippen LogP contribution is 2.44. The van der Waals surface area contributed by atoms with Gasteiger partial charge in [0.2, 0.25) is 5.91 Å². The lowest BCUT2D eigenvalue weighted by Crippen LogP contribution is -2.50. The van der Waals surface area contributed by atoms with E-state index in [1.165, 1.54) is 11.1 Å². The number of benzene rings is 2. The third-order valence-electron chi connectivity index (χ3n) is 7.21. The summed E-state index contributed by atoms with van der Waals surface area (Å²) in [6.07, 6.45) is 1.40. The highest BCUT2D eigenvalue weighted by Gasteiger charge is 2.36. The second-order valence-electron chi connectivity index (χ2n) is 9.19. The molecule has 0 unspecified atom stereocenters. The lowest BCUT2D eigenvalue weighted by Gasteiger charge is -2.38. The maximum atomic E-state index is 12.9. The van der Waals surface area contributed by atoms with Gasteiger partial charge in [0, 0.05) is 31.0 Å². The molecule has 1 aliphatic heterocycles. The molecule has 0 spiro atoms. The molecule has 1 heterocycles. The molecule has 0 saturated carbocycles. The van der Waals surface area contributed by atoms with E-state index in [0.717, 1.165) is 11.1 Å². The number of aliphatic carboxylic acids is 1. The molecule has 4 rings (SSSR count). The van der Waals surface area contributed by atoms with Crippen LogP contribution in [0.15, 0.2) is 48.5 Å². The summed E-state index contributed by atoms with van der Waals surface area (Å²) in [5.41, 5.74) is 4.62. The fraction of sp³-hybridized carbons (Fsp3) is 0.444. The number of rotatable bonds is 7. The Bertz CT molecular complexity index is 1020. The second-order valence-corrected chi connectivity index (χ2v) is 9.19. The first-order valence-electron chi connectivity index (χ1n) is 12.0. The van der Waals surface area contributed by atoms with Gasteiger partial charge in [0.15, 0.2) is 0 Å². The molecule has 1 fully saturated rings. The van der Waals surface area contributed by atoms with Crippen LogP contribution in [0, 0.1) is 5.92 Å². The van der Waals surface area contributed by atoms with E-state index >= 15 is 0 Å². The molecule has 1 aliphatic carbocycles. The fourth-order valence-electron chi connectivity index (χ4n) is 5.26. The molecule has 2 amide bonds. The predicted molar refractivity (Wildman–Crippen MR) is 128 cm³/mol. The van der Waals surface area contributed by atoms with Crippen molar-refractivity contribution in [1.29, 1.82) is 0 Å².